The fraction of sp³-hybridized carbons (Fsp3) is 0.364. The van der Waals surface area contributed by atoms with Crippen molar-refractivity contribution in [2.45, 2.75) is 11.9 Å². The third kappa shape index (κ3) is 2.70. The topological polar surface area (TPSA) is 38.3 Å². The van der Waals surface area contributed by atoms with Gasteiger partial charge in [0.15, 0.2) is 0 Å². The van der Waals surface area contributed by atoms with E-state index in [0.29, 0.717) is 11.1 Å². The van der Waals surface area contributed by atoms with Gasteiger partial charge in [-0.25, -0.2) is 4.39 Å². The van der Waals surface area contributed by atoms with Crippen LogP contribution in [0.25, 0.3) is 0 Å². The highest BCUT2D eigenvalue weighted by Gasteiger charge is 2.24. The molecule has 0 aromatic heterocycles. The first-order valence-electron chi connectivity index (χ1n) is 5.02. The number of carbonyl (C=O) groups is 1. The van der Waals surface area contributed by atoms with E-state index in [9.17, 15) is 9.18 Å². The largest absolute Gasteiger partial charge is 0.369 e. The fourth-order valence-corrected chi connectivity index (χ4v) is 2.44. The number of rotatable bonds is 2. The minimum atomic E-state index is -0.460. The highest BCUT2D eigenvalue weighted by atomic mass is 35.5. The van der Waals surface area contributed by atoms with Gasteiger partial charge in [-0.3, -0.25) is 4.79 Å². The van der Waals surface area contributed by atoms with E-state index in [1.165, 1.54) is 12.1 Å². The van der Waals surface area contributed by atoms with Gasteiger partial charge >= 0.3 is 0 Å². The van der Waals surface area contributed by atoms with Gasteiger partial charge < -0.3 is 10.1 Å². The van der Waals surface area contributed by atoms with E-state index >= 15 is 0 Å². The van der Waals surface area contributed by atoms with E-state index in [1.807, 2.05) is 0 Å². The summed E-state index contributed by atoms with van der Waals surface area (Å²) in [5, 5.41) is 2.97. The molecule has 0 spiro atoms. The Kier molecular flexibility index (Phi) is 3.86. The number of amides is 1. The van der Waals surface area contributed by atoms with E-state index in [2.05, 4.69) is 5.32 Å². The van der Waals surface area contributed by atoms with Crippen molar-refractivity contribution in [1.82, 2.24) is 5.32 Å². The first kappa shape index (κ1) is 12.6. The van der Waals surface area contributed by atoms with Crippen LogP contribution in [0, 0.1) is 5.82 Å². The predicted molar refractivity (Wildman–Crippen MR) is 62.7 cm³/mol. The molecule has 1 aliphatic rings. The zero-order chi connectivity index (χ0) is 12.4. The number of carbonyl (C=O) groups excluding carboxylic acids is 1. The van der Waals surface area contributed by atoms with Crippen LogP contribution in [-0.2, 0) is 15.4 Å². The van der Waals surface area contributed by atoms with Crippen LogP contribution in [0.1, 0.15) is 17.2 Å². The molecule has 0 bridgehead atoms. The van der Waals surface area contributed by atoms with E-state index in [4.69, 9.17) is 27.9 Å². The third-order valence-corrected chi connectivity index (χ3v) is 3.16. The molecule has 0 saturated carbocycles. The molecule has 1 aromatic rings. The summed E-state index contributed by atoms with van der Waals surface area (Å²) in [4.78, 5) is 11.2. The van der Waals surface area contributed by atoms with Crippen LogP contribution < -0.4 is 5.32 Å². The summed E-state index contributed by atoms with van der Waals surface area (Å²) in [6.45, 7) is 0.311. The average Bonchev–Trinajstić information content (AvgIpc) is 2.28. The van der Waals surface area contributed by atoms with Gasteiger partial charge in [-0.1, -0.05) is 11.6 Å². The molecule has 1 atom stereocenters. The lowest BCUT2D eigenvalue weighted by molar-refractivity contribution is -0.131. The number of ether oxygens (including phenoxy) is 1. The van der Waals surface area contributed by atoms with Gasteiger partial charge in [0.25, 0.3) is 0 Å². The van der Waals surface area contributed by atoms with Gasteiger partial charge in [0, 0.05) is 10.9 Å². The summed E-state index contributed by atoms with van der Waals surface area (Å²) >= 11 is 11.7. The lowest BCUT2D eigenvalue weighted by atomic mass is 10.0. The molecule has 0 aliphatic carbocycles. The maximum absolute atomic E-state index is 13.3. The second kappa shape index (κ2) is 5.21. The molecule has 3 nitrogen and oxygen atoms in total. The molecule has 2 rings (SSSR count). The SMILES string of the molecule is O=C1COC[C@@H](c2cc(F)cc(Cl)c2CCl)N1. The first-order chi connectivity index (χ1) is 8.11. The van der Waals surface area contributed by atoms with Gasteiger partial charge in [-0.05, 0) is 23.3 Å². The van der Waals surface area contributed by atoms with Crippen molar-refractivity contribution < 1.29 is 13.9 Å². The number of hydrogen-bond acceptors (Lipinski definition) is 2. The quantitative estimate of drug-likeness (QED) is 0.844. The molecule has 6 heteroatoms. The molecule has 1 N–H and O–H groups in total. The molecular formula is C11H10Cl2FNO2. The van der Waals surface area contributed by atoms with Gasteiger partial charge in [-0.2, -0.15) is 0 Å². The highest BCUT2D eigenvalue weighted by molar-refractivity contribution is 6.32. The molecule has 1 fully saturated rings. The van der Waals surface area contributed by atoms with Crippen LogP contribution in [0.2, 0.25) is 5.02 Å². The summed E-state index contributed by atoms with van der Waals surface area (Å²) in [6, 6.07) is 2.12. The van der Waals surface area contributed by atoms with Crippen molar-refractivity contribution in [3.05, 3.63) is 34.1 Å². The summed E-state index contributed by atoms with van der Waals surface area (Å²) in [5.74, 6) is -0.540. The second-order valence-corrected chi connectivity index (χ2v) is 4.40. The minimum absolute atomic E-state index is 0.0236. The van der Waals surface area contributed by atoms with Crippen molar-refractivity contribution in [1.29, 1.82) is 0 Å². The molecule has 1 heterocycles. The Morgan fingerprint density at radius 3 is 2.94 bits per heavy atom. The number of benzene rings is 1. The Morgan fingerprint density at radius 2 is 2.29 bits per heavy atom. The van der Waals surface area contributed by atoms with E-state index in [-0.39, 0.29) is 30.0 Å². The number of nitrogens with one attached hydrogen (secondary N) is 1. The van der Waals surface area contributed by atoms with Gasteiger partial charge in [-0.15, -0.1) is 11.6 Å². The lowest BCUT2D eigenvalue weighted by Gasteiger charge is -2.25. The smallest absolute Gasteiger partial charge is 0.246 e. The molecular weight excluding hydrogens is 268 g/mol. The highest BCUT2D eigenvalue weighted by Crippen LogP contribution is 2.29. The van der Waals surface area contributed by atoms with Crippen molar-refractivity contribution in [3.63, 3.8) is 0 Å². The van der Waals surface area contributed by atoms with Crippen molar-refractivity contribution >= 4 is 29.1 Å². The normalized spacial score (nSPS) is 20.2. The van der Waals surface area contributed by atoms with E-state index in [0.717, 1.165) is 0 Å². The Morgan fingerprint density at radius 1 is 1.53 bits per heavy atom. The monoisotopic (exact) mass is 277 g/mol. The Balaban J connectivity index is 2.39. The molecule has 92 valence electrons. The van der Waals surface area contributed by atoms with Gasteiger partial charge in [0.2, 0.25) is 5.91 Å². The molecule has 1 saturated heterocycles. The molecule has 0 radical (unpaired) electrons. The van der Waals surface area contributed by atoms with Gasteiger partial charge in [0.1, 0.15) is 12.4 Å². The van der Waals surface area contributed by atoms with Crippen LogP contribution >= 0.6 is 23.2 Å². The maximum atomic E-state index is 13.3. The van der Waals surface area contributed by atoms with Crippen LogP contribution in [0.4, 0.5) is 4.39 Å². The lowest BCUT2D eigenvalue weighted by Crippen LogP contribution is -2.40. The summed E-state index contributed by atoms with van der Waals surface area (Å²) in [5.41, 5.74) is 1.18. The number of halogens is 3. The Hall–Kier alpha value is -0.840. The molecule has 0 unspecified atom stereocenters. The first-order valence-corrected chi connectivity index (χ1v) is 5.94. The average molecular weight is 278 g/mol. The summed E-state index contributed by atoms with van der Waals surface area (Å²) < 4.78 is 18.4. The fourth-order valence-electron chi connectivity index (χ4n) is 1.79. The summed E-state index contributed by atoms with van der Waals surface area (Å²) in [7, 11) is 0. The third-order valence-electron chi connectivity index (χ3n) is 2.56. The molecule has 1 aromatic carbocycles. The van der Waals surface area contributed by atoms with Crippen molar-refractivity contribution in [2.75, 3.05) is 13.2 Å². The molecule has 1 aliphatic heterocycles. The van der Waals surface area contributed by atoms with Crippen LogP contribution in [0.5, 0.6) is 0 Å². The zero-order valence-electron chi connectivity index (χ0n) is 8.80. The zero-order valence-corrected chi connectivity index (χ0v) is 10.3. The molecule has 1 amide bonds. The van der Waals surface area contributed by atoms with Crippen LogP contribution in [-0.4, -0.2) is 19.1 Å². The number of morpholine rings is 1. The van der Waals surface area contributed by atoms with Crippen LogP contribution in [0.15, 0.2) is 12.1 Å². The molecule has 17 heavy (non-hydrogen) atoms. The second-order valence-electron chi connectivity index (χ2n) is 3.72. The van der Waals surface area contributed by atoms with Crippen molar-refractivity contribution in [3.8, 4) is 0 Å². The number of hydrogen-bond donors (Lipinski definition) is 1. The predicted octanol–water partition coefficient (Wildman–Crippen LogP) is 2.41. The summed E-state index contributed by atoms with van der Waals surface area (Å²) in [6.07, 6.45) is 0. The standard InChI is InChI=1S/C11H10Cl2FNO2/c12-3-8-7(1-6(14)2-9(8)13)10-4-17-5-11(16)15-10/h1-2,10H,3-5H2,(H,15,16)/t10-/m0/s1. The van der Waals surface area contributed by atoms with E-state index < -0.39 is 11.9 Å². The maximum Gasteiger partial charge on any atom is 0.246 e. The number of alkyl halides is 1. The Labute approximate surface area is 108 Å². The van der Waals surface area contributed by atoms with Gasteiger partial charge in [0.05, 0.1) is 12.6 Å². The van der Waals surface area contributed by atoms with E-state index in [1.54, 1.807) is 0 Å². The minimum Gasteiger partial charge on any atom is -0.369 e. The van der Waals surface area contributed by atoms with Crippen molar-refractivity contribution in [2.24, 2.45) is 0 Å². The Bertz CT molecular complexity index is 453. The van der Waals surface area contributed by atoms with Crippen LogP contribution in [0.3, 0.4) is 0 Å².